The SMILES string of the molecule is CC(C)CCC[C@@H](C)C1C=C2CC(OC(=O)CCCC(=O)N(CCCCNCCC(C)N)CCC(C)N)CCC2(C)C2CCC3(C)CCCC3C12.Cl.Cl.Cl. The molecule has 9 unspecified atom stereocenters. The maximum absolute atomic E-state index is 13.2. The van der Waals surface area contributed by atoms with Crippen LogP contribution in [0.1, 0.15) is 164 Å². The van der Waals surface area contributed by atoms with Gasteiger partial charge in [0.25, 0.3) is 0 Å². The van der Waals surface area contributed by atoms with Crippen molar-refractivity contribution in [3.63, 3.8) is 0 Å². The molecule has 3 saturated carbocycles. The lowest BCUT2D eigenvalue weighted by molar-refractivity contribution is -0.152. The second-order valence-corrected chi connectivity index (χ2v) is 18.9. The molecule has 4 rings (SSSR count). The molecule has 0 aliphatic heterocycles. The molecule has 1 amide bonds. The molecule has 4 aliphatic rings. The number of unbranched alkanes of at least 4 members (excludes halogenated alkanes) is 1. The lowest BCUT2D eigenvalue weighted by Crippen LogP contribution is -2.53. The fourth-order valence-electron chi connectivity index (χ4n) is 10.9. The lowest BCUT2D eigenvalue weighted by Gasteiger charge is -2.60. The molecule has 0 heterocycles. The number of rotatable bonds is 21. The normalized spacial score (nSPS) is 30.2. The molecule has 5 N–H and O–H groups in total. The quantitative estimate of drug-likeness (QED) is 0.0604. The fourth-order valence-corrected chi connectivity index (χ4v) is 10.9. The fraction of sp³-hybridized carbons (Fsp3) is 0.909. The van der Waals surface area contributed by atoms with Gasteiger partial charge in [-0.3, -0.25) is 9.59 Å². The number of nitrogens with zero attached hydrogens (tertiary/aromatic N) is 1. The van der Waals surface area contributed by atoms with E-state index in [9.17, 15) is 9.59 Å². The van der Waals surface area contributed by atoms with E-state index in [0.717, 1.165) is 88.3 Å². The molecule has 0 bridgehead atoms. The predicted molar refractivity (Wildman–Crippen MR) is 234 cm³/mol. The third-order valence-corrected chi connectivity index (χ3v) is 14.1. The average molecular weight is 823 g/mol. The van der Waals surface area contributed by atoms with Crippen molar-refractivity contribution >= 4 is 49.1 Å². The van der Waals surface area contributed by atoms with E-state index >= 15 is 0 Å². The van der Waals surface area contributed by atoms with Gasteiger partial charge in [-0.25, -0.2) is 0 Å². The predicted octanol–water partition coefficient (Wildman–Crippen LogP) is 10.0. The molecular formula is C44H83Cl3N4O3. The number of nitrogens with one attached hydrogen (secondary N) is 1. The third-order valence-electron chi connectivity index (χ3n) is 14.1. The molecule has 10 atom stereocenters. The summed E-state index contributed by atoms with van der Waals surface area (Å²) in [4.78, 5) is 28.4. The number of fused-ring (bicyclic) bond motifs is 5. The lowest BCUT2D eigenvalue weighted by atomic mass is 9.45. The third kappa shape index (κ3) is 14.4. The summed E-state index contributed by atoms with van der Waals surface area (Å²) in [6.45, 7) is 19.7. The van der Waals surface area contributed by atoms with Gasteiger partial charge in [0, 0.05) is 44.4 Å². The van der Waals surface area contributed by atoms with Crippen molar-refractivity contribution in [3.05, 3.63) is 11.6 Å². The second-order valence-electron chi connectivity index (χ2n) is 18.9. The van der Waals surface area contributed by atoms with Gasteiger partial charge in [-0.15, -0.1) is 37.2 Å². The monoisotopic (exact) mass is 821 g/mol. The van der Waals surface area contributed by atoms with Gasteiger partial charge < -0.3 is 26.4 Å². The number of hydrogen-bond acceptors (Lipinski definition) is 6. The van der Waals surface area contributed by atoms with E-state index in [1.54, 1.807) is 5.57 Å². The van der Waals surface area contributed by atoms with E-state index in [0.29, 0.717) is 43.1 Å². The van der Waals surface area contributed by atoms with Crippen LogP contribution in [-0.4, -0.2) is 61.1 Å². The van der Waals surface area contributed by atoms with E-state index < -0.39 is 0 Å². The summed E-state index contributed by atoms with van der Waals surface area (Å²) in [5, 5.41) is 3.45. The number of allylic oxidation sites excluding steroid dienone is 1. The molecule has 10 heteroatoms. The molecule has 0 aromatic rings. The van der Waals surface area contributed by atoms with Crippen LogP contribution in [0, 0.1) is 46.3 Å². The maximum atomic E-state index is 13.2. The summed E-state index contributed by atoms with van der Waals surface area (Å²) >= 11 is 0. The highest BCUT2D eigenvalue weighted by atomic mass is 35.5. The van der Waals surface area contributed by atoms with Crippen LogP contribution in [0.5, 0.6) is 0 Å². The number of nitrogens with two attached hydrogens (primary N) is 2. The number of halogens is 3. The summed E-state index contributed by atoms with van der Waals surface area (Å²) in [5.41, 5.74) is 14.2. The number of amides is 1. The molecule has 0 spiro atoms. The number of carbonyl (C=O) groups excluding carboxylic acids is 2. The van der Waals surface area contributed by atoms with Crippen molar-refractivity contribution in [1.82, 2.24) is 10.2 Å². The second kappa shape index (κ2) is 24.4. The van der Waals surface area contributed by atoms with Gasteiger partial charge in [0.2, 0.25) is 5.91 Å². The molecular weight excluding hydrogens is 739 g/mol. The largest absolute Gasteiger partial charge is 0.462 e. The summed E-state index contributed by atoms with van der Waals surface area (Å²) < 4.78 is 6.21. The summed E-state index contributed by atoms with van der Waals surface area (Å²) in [6, 6.07) is 0.273. The number of hydrogen-bond donors (Lipinski definition) is 3. The first kappa shape index (κ1) is 51.4. The van der Waals surface area contributed by atoms with Crippen molar-refractivity contribution in [2.45, 2.75) is 182 Å². The zero-order valence-corrected chi connectivity index (χ0v) is 37.8. The zero-order chi connectivity index (χ0) is 37.2. The van der Waals surface area contributed by atoms with Crippen LogP contribution in [0.2, 0.25) is 0 Å². The Morgan fingerprint density at radius 2 is 1.54 bits per heavy atom. The minimum atomic E-state index is -0.135. The Morgan fingerprint density at radius 1 is 0.815 bits per heavy atom. The van der Waals surface area contributed by atoms with Gasteiger partial charge in [-0.05, 0) is 144 Å². The molecule has 7 nitrogen and oxygen atoms in total. The van der Waals surface area contributed by atoms with Crippen molar-refractivity contribution in [2.75, 3.05) is 26.2 Å². The molecule has 4 aliphatic carbocycles. The Balaban J connectivity index is 0.00000486. The van der Waals surface area contributed by atoms with Gasteiger partial charge in [0.15, 0.2) is 0 Å². The number of esters is 1. The molecule has 0 saturated heterocycles. The summed E-state index contributed by atoms with van der Waals surface area (Å²) in [6.07, 6.45) is 21.6. The van der Waals surface area contributed by atoms with Gasteiger partial charge in [0.1, 0.15) is 6.10 Å². The Hall–Kier alpha value is -0.570. The minimum absolute atomic E-state index is 0. The van der Waals surface area contributed by atoms with E-state index in [1.807, 2.05) is 18.7 Å². The van der Waals surface area contributed by atoms with Crippen LogP contribution >= 0.6 is 37.2 Å². The van der Waals surface area contributed by atoms with Crippen LogP contribution in [0.4, 0.5) is 0 Å². The van der Waals surface area contributed by atoms with Gasteiger partial charge in [0.05, 0.1) is 0 Å². The first-order valence-electron chi connectivity index (χ1n) is 21.6. The van der Waals surface area contributed by atoms with Crippen molar-refractivity contribution < 1.29 is 14.3 Å². The summed E-state index contributed by atoms with van der Waals surface area (Å²) in [7, 11) is 0. The van der Waals surface area contributed by atoms with Crippen LogP contribution in [-0.2, 0) is 14.3 Å². The van der Waals surface area contributed by atoms with Crippen molar-refractivity contribution in [3.8, 4) is 0 Å². The van der Waals surface area contributed by atoms with Crippen LogP contribution in [0.3, 0.4) is 0 Å². The highest BCUT2D eigenvalue weighted by Crippen LogP contribution is 2.67. The van der Waals surface area contributed by atoms with Gasteiger partial charge in [-0.1, -0.05) is 72.0 Å². The molecule has 0 aromatic heterocycles. The smallest absolute Gasteiger partial charge is 0.306 e. The van der Waals surface area contributed by atoms with E-state index in [2.05, 4.69) is 46.0 Å². The van der Waals surface area contributed by atoms with E-state index in [4.69, 9.17) is 16.2 Å². The molecule has 54 heavy (non-hydrogen) atoms. The Bertz CT molecular complexity index is 1140. The van der Waals surface area contributed by atoms with Crippen LogP contribution < -0.4 is 16.8 Å². The first-order chi connectivity index (χ1) is 24.2. The molecule has 0 radical (unpaired) electrons. The summed E-state index contributed by atoms with van der Waals surface area (Å²) in [5.74, 6) is 4.54. The number of ether oxygens (including phenoxy) is 1. The van der Waals surface area contributed by atoms with E-state index in [-0.39, 0.29) is 72.7 Å². The standard InChI is InChI=1S/C44H80N4O3.3ClH/c1-31(2)13-10-14-32(3)37-30-35-29-36(18-24-44(35,7)39-19-23-43(6)22-12-15-38(43)42(37)39)51-41(50)17-11-16-40(49)48(28-21-34(5)46)27-9-8-25-47-26-20-33(4)45;;;/h30-34,36-39,42,47H,8-29,45-46H2,1-7H3;3*1H/t32-,33?,34?,36?,37?,38?,39?,42?,43?,44?;;;/m1.../s1. The Labute approximate surface area is 350 Å². The van der Waals surface area contributed by atoms with Crippen LogP contribution in [0.15, 0.2) is 11.6 Å². The number of carbonyl (C=O) groups is 2. The van der Waals surface area contributed by atoms with Gasteiger partial charge in [-0.2, -0.15) is 0 Å². The Kier molecular flexibility index (Phi) is 23.2. The highest BCUT2D eigenvalue weighted by molar-refractivity contribution is 5.86. The molecule has 318 valence electrons. The minimum Gasteiger partial charge on any atom is -0.462 e. The Morgan fingerprint density at radius 3 is 2.22 bits per heavy atom. The zero-order valence-electron chi connectivity index (χ0n) is 35.4. The van der Waals surface area contributed by atoms with Crippen molar-refractivity contribution in [2.24, 2.45) is 57.8 Å². The van der Waals surface area contributed by atoms with E-state index in [1.165, 1.54) is 51.4 Å². The van der Waals surface area contributed by atoms with Crippen LogP contribution in [0.25, 0.3) is 0 Å². The average Bonchev–Trinajstić information content (AvgIpc) is 3.46. The van der Waals surface area contributed by atoms with Crippen molar-refractivity contribution in [1.29, 1.82) is 0 Å². The molecule has 3 fully saturated rings. The topological polar surface area (TPSA) is 111 Å². The highest BCUT2D eigenvalue weighted by Gasteiger charge is 2.59. The maximum Gasteiger partial charge on any atom is 0.306 e. The first-order valence-corrected chi connectivity index (χ1v) is 21.6. The van der Waals surface area contributed by atoms with Gasteiger partial charge >= 0.3 is 5.97 Å². The molecule has 0 aromatic carbocycles.